The minimum absolute atomic E-state index is 0.188. The Morgan fingerprint density at radius 3 is 1.81 bits per heavy atom. The number of aromatic nitrogens is 1. The van der Waals surface area contributed by atoms with E-state index in [9.17, 15) is 14.4 Å². The number of amides is 1. The molecule has 0 aliphatic carbocycles. The zero-order valence-corrected chi connectivity index (χ0v) is 11.7. The van der Waals surface area contributed by atoms with Crippen LogP contribution in [0.3, 0.4) is 0 Å². The normalized spacial score (nSPS) is 9.33. The Balaban J connectivity index is 0.000000394. The van der Waals surface area contributed by atoms with Gasteiger partial charge in [0.2, 0.25) is 5.91 Å². The van der Waals surface area contributed by atoms with Crippen molar-refractivity contribution in [2.75, 3.05) is 0 Å². The highest BCUT2D eigenvalue weighted by molar-refractivity contribution is 5.92. The van der Waals surface area contributed by atoms with Gasteiger partial charge in [-0.1, -0.05) is 12.8 Å². The van der Waals surface area contributed by atoms with Crippen LogP contribution in [0.25, 0.3) is 0 Å². The van der Waals surface area contributed by atoms with E-state index in [1.165, 1.54) is 6.20 Å². The number of hydrogen-bond acceptors (Lipinski definition) is 4. The molecule has 0 atom stereocenters. The third-order valence-corrected chi connectivity index (χ3v) is 2.48. The molecule has 0 aliphatic heterocycles. The van der Waals surface area contributed by atoms with Gasteiger partial charge in [0.25, 0.3) is 0 Å². The molecule has 0 fully saturated rings. The van der Waals surface area contributed by atoms with E-state index >= 15 is 0 Å². The first-order valence-corrected chi connectivity index (χ1v) is 6.57. The summed E-state index contributed by atoms with van der Waals surface area (Å²) in [7, 11) is 0. The number of carboxylic acids is 2. The van der Waals surface area contributed by atoms with E-state index in [1.54, 1.807) is 18.3 Å². The summed E-state index contributed by atoms with van der Waals surface area (Å²) < 4.78 is 0. The zero-order valence-electron chi connectivity index (χ0n) is 11.7. The minimum atomic E-state index is -0.784. The molecule has 1 heterocycles. The number of carbonyl (C=O) groups is 3. The van der Waals surface area contributed by atoms with E-state index in [-0.39, 0.29) is 12.8 Å². The largest absolute Gasteiger partial charge is 0.481 e. The molecular weight excluding hydrogens is 276 g/mol. The van der Waals surface area contributed by atoms with Crippen LogP contribution in [0.2, 0.25) is 0 Å². The molecule has 7 nitrogen and oxygen atoms in total. The Morgan fingerprint density at radius 2 is 1.52 bits per heavy atom. The van der Waals surface area contributed by atoms with E-state index in [2.05, 4.69) is 4.98 Å². The molecule has 0 saturated heterocycles. The van der Waals surface area contributed by atoms with E-state index in [0.29, 0.717) is 18.4 Å². The summed E-state index contributed by atoms with van der Waals surface area (Å²) in [5, 5.41) is 16.5. The van der Waals surface area contributed by atoms with Gasteiger partial charge >= 0.3 is 11.9 Å². The Bertz CT molecular complexity index is 430. The van der Waals surface area contributed by atoms with Crippen molar-refractivity contribution < 1.29 is 24.6 Å². The summed E-state index contributed by atoms with van der Waals surface area (Å²) in [6.45, 7) is 0. The first-order valence-electron chi connectivity index (χ1n) is 6.57. The van der Waals surface area contributed by atoms with Gasteiger partial charge in [-0.05, 0) is 25.0 Å². The smallest absolute Gasteiger partial charge is 0.303 e. The quantitative estimate of drug-likeness (QED) is 0.625. The standard InChI is InChI=1S/C8H14O4.C6H6N2O/c9-7(10)5-3-1-2-4-6-8(11)12;7-6(9)5-2-1-3-8-4-5/h1-6H2,(H,9,10)(H,11,12);1-4H,(H2,7,9). The van der Waals surface area contributed by atoms with Crippen LogP contribution in [0.5, 0.6) is 0 Å². The fourth-order valence-electron chi connectivity index (χ4n) is 1.41. The number of primary amides is 1. The molecule has 0 aromatic carbocycles. The Labute approximate surface area is 122 Å². The second kappa shape index (κ2) is 11.4. The lowest BCUT2D eigenvalue weighted by atomic mass is 10.1. The lowest BCUT2D eigenvalue weighted by molar-refractivity contribution is -0.138. The maximum absolute atomic E-state index is 10.4. The zero-order chi connectivity index (χ0) is 16.1. The summed E-state index contributed by atoms with van der Waals surface area (Å²) in [5.74, 6) is -2.01. The lowest BCUT2D eigenvalue weighted by Gasteiger charge is -1.96. The summed E-state index contributed by atoms with van der Waals surface area (Å²) in [6.07, 6.45) is 6.30. The highest BCUT2D eigenvalue weighted by Crippen LogP contribution is 2.04. The molecule has 7 heteroatoms. The molecule has 0 saturated carbocycles. The van der Waals surface area contributed by atoms with Crippen molar-refractivity contribution in [2.24, 2.45) is 5.73 Å². The number of aliphatic carboxylic acids is 2. The fourth-order valence-corrected chi connectivity index (χ4v) is 1.41. The molecule has 1 aromatic heterocycles. The molecule has 4 N–H and O–H groups in total. The molecule has 0 unspecified atom stereocenters. The third-order valence-electron chi connectivity index (χ3n) is 2.48. The topological polar surface area (TPSA) is 131 Å². The van der Waals surface area contributed by atoms with Gasteiger partial charge in [-0.3, -0.25) is 19.4 Å². The van der Waals surface area contributed by atoms with E-state index in [4.69, 9.17) is 15.9 Å². The average molecular weight is 296 g/mol. The molecule has 0 bridgehead atoms. The SMILES string of the molecule is NC(=O)c1cccnc1.O=C(O)CCCCCCC(=O)O. The second-order valence-electron chi connectivity index (χ2n) is 4.31. The van der Waals surface area contributed by atoms with Crippen molar-refractivity contribution >= 4 is 17.8 Å². The molecule has 1 aromatic rings. The predicted molar refractivity (Wildman–Crippen MR) is 75.7 cm³/mol. The number of rotatable bonds is 8. The summed E-state index contributed by atoms with van der Waals surface area (Å²) >= 11 is 0. The minimum Gasteiger partial charge on any atom is -0.481 e. The third kappa shape index (κ3) is 12.3. The van der Waals surface area contributed by atoms with Gasteiger partial charge in [-0.15, -0.1) is 0 Å². The highest BCUT2D eigenvalue weighted by Gasteiger charge is 1.98. The highest BCUT2D eigenvalue weighted by atomic mass is 16.4. The van der Waals surface area contributed by atoms with E-state index in [1.807, 2.05) is 0 Å². The van der Waals surface area contributed by atoms with E-state index in [0.717, 1.165) is 12.8 Å². The molecule has 0 radical (unpaired) electrons. The van der Waals surface area contributed by atoms with Gasteiger partial charge in [0.15, 0.2) is 0 Å². The van der Waals surface area contributed by atoms with Crippen LogP contribution < -0.4 is 5.73 Å². The maximum atomic E-state index is 10.4. The van der Waals surface area contributed by atoms with Crippen LogP contribution in [0, 0.1) is 0 Å². The predicted octanol–water partition coefficient (Wildman–Crippen LogP) is 1.68. The molecule has 21 heavy (non-hydrogen) atoms. The van der Waals surface area contributed by atoms with Crippen molar-refractivity contribution in [3.63, 3.8) is 0 Å². The molecular formula is C14H20N2O5. The van der Waals surface area contributed by atoms with Crippen molar-refractivity contribution in [3.05, 3.63) is 30.1 Å². The Hall–Kier alpha value is -2.44. The van der Waals surface area contributed by atoms with Gasteiger partial charge < -0.3 is 15.9 Å². The Morgan fingerprint density at radius 1 is 1.00 bits per heavy atom. The Kier molecular flexibility index (Phi) is 10.1. The number of nitrogens with two attached hydrogens (primary N) is 1. The first kappa shape index (κ1) is 18.6. The molecule has 1 rings (SSSR count). The van der Waals surface area contributed by atoms with Gasteiger partial charge in [-0.25, -0.2) is 0 Å². The van der Waals surface area contributed by atoms with E-state index < -0.39 is 17.8 Å². The second-order valence-corrected chi connectivity index (χ2v) is 4.31. The average Bonchev–Trinajstić information content (AvgIpc) is 2.44. The van der Waals surface area contributed by atoms with Crippen LogP contribution in [0.15, 0.2) is 24.5 Å². The number of carboxylic acid groups (broad SMARTS) is 2. The number of unbranched alkanes of at least 4 members (excludes halogenated alkanes) is 3. The van der Waals surface area contributed by atoms with Crippen molar-refractivity contribution in [2.45, 2.75) is 38.5 Å². The van der Waals surface area contributed by atoms with Crippen LogP contribution in [0.4, 0.5) is 0 Å². The molecule has 0 aliphatic rings. The van der Waals surface area contributed by atoms with Gasteiger partial charge in [0.1, 0.15) is 0 Å². The molecule has 0 spiro atoms. The maximum Gasteiger partial charge on any atom is 0.303 e. The van der Waals surface area contributed by atoms with Crippen LogP contribution in [-0.2, 0) is 9.59 Å². The molecule has 116 valence electrons. The number of nitrogens with zero attached hydrogens (tertiary/aromatic N) is 1. The van der Waals surface area contributed by atoms with Crippen molar-refractivity contribution in [1.82, 2.24) is 4.98 Å². The number of hydrogen-bond donors (Lipinski definition) is 3. The molecule has 1 amide bonds. The summed E-state index contributed by atoms with van der Waals surface area (Å²) in [6, 6.07) is 3.29. The first-order chi connectivity index (χ1) is 9.93. The van der Waals surface area contributed by atoms with Crippen molar-refractivity contribution in [1.29, 1.82) is 0 Å². The van der Waals surface area contributed by atoms with Gasteiger partial charge in [-0.2, -0.15) is 0 Å². The van der Waals surface area contributed by atoms with Gasteiger partial charge in [0, 0.05) is 25.2 Å². The monoisotopic (exact) mass is 296 g/mol. The summed E-state index contributed by atoms with van der Waals surface area (Å²) in [5.41, 5.74) is 5.38. The van der Waals surface area contributed by atoms with Gasteiger partial charge in [0.05, 0.1) is 5.56 Å². The van der Waals surface area contributed by atoms with Crippen molar-refractivity contribution in [3.8, 4) is 0 Å². The number of carbonyl (C=O) groups excluding carboxylic acids is 1. The lowest BCUT2D eigenvalue weighted by Crippen LogP contribution is -2.10. The van der Waals surface area contributed by atoms with Crippen LogP contribution in [0.1, 0.15) is 48.9 Å². The fraction of sp³-hybridized carbons (Fsp3) is 0.429. The van der Waals surface area contributed by atoms with Crippen LogP contribution in [-0.4, -0.2) is 33.0 Å². The number of pyridine rings is 1. The summed E-state index contributed by atoms with van der Waals surface area (Å²) in [4.78, 5) is 34.2. The van der Waals surface area contributed by atoms with Crippen LogP contribution >= 0.6 is 0 Å².